The lowest BCUT2D eigenvalue weighted by atomic mass is 9.90. The molecule has 0 aliphatic carbocycles. The predicted octanol–water partition coefficient (Wildman–Crippen LogP) is 5.85. The van der Waals surface area contributed by atoms with Gasteiger partial charge in [-0.1, -0.05) is 60.7 Å². The summed E-state index contributed by atoms with van der Waals surface area (Å²) in [5, 5.41) is 2.11. The molecule has 2 aromatic carbocycles. The number of hydrogen-bond acceptors (Lipinski definition) is 2. The van der Waals surface area contributed by atoms with Gasteiger partial charge in [0.25, 0.3) is 5.91 Å². The summed E-state index contributed by atoms with van der Waals surface area (Å²) in [4.78, 5) is 15.5. The number of amides is 1. The van der Waals surface area contributed by atoms with E-state index in [1.54, 1.807) is 11.3 Å². The normalized spacial score (nSPS) is 15.0. The Balaban J connectivity index is 1.32. The van der Waals surface area contributed by atoms with Gasteiger partial charge in [-0.15, -0.1) is 11.3 Å². The van der Waals surface area contributed by atoms with E-state index in [0.29, 0.717) is 5.92 Å². The predicted molar refractivity (Wildman–Crippen MR) is 124 cm³/mol. The number of aromatic nitrogens is 1. The summed E-state index contributed by atoms with van der Waals surface area (Å²) in [6.45, 7) is 2.42. The summed E-state index contributed by atoms with van der Waals surface area (Å²) in [7, 11) is 0. The van der Waals surface area contributed by atoms with Crippen molar-refractivity contribution in [3.63, 3.8) is 0 Å². The van der Waals surface area contributed by atoms with E-state index < -0.39 is 0 Å². The molecular weight excluding hydrogens is 388 g/mol. The van der Waals surface area contributed by atoms with E-state index in [-0.39, 0.29) is 5.91 Å². The first-order valence-corrected chi connectivity index (χ1v) is 11.6. The molecule has 0 radical (unpaired) electrons. The zero-order valence-electron chi connectivity index (χ0n) is 17.0. The zero-order valence-corrected chi connectivity index (χ0v) is 17.9. The number of carbonyl (C=O) groups excluding carboxylic acids is 1. The molecule has 1 saturated heterocycles. The van der Waals surface area contributed by atoms with Crippen LogP contribution in [0.5, 0.6) is 0 Å². The third kappa shape index (κ3) is 3.92. The summed E-state index contributed by atoms with van der Waals surface area (Å²) in [5.74, 6) is 0.837. The number of rotatable bonds is 5. The van der Waals surface area contributed by atoms with Gasteiger partial charge in [-0.25, -0.2) is 0 Å². The second-order valence-electron chi connectivity index (χ2n) is 8.20. The van der Waals surface area contributed by atoms with Crippen LogP contribution in [-0.4, -0.2) is 28.5 Å². The Morgan fingerprint density at radius 2 is 1.57 bits per heavy atom. The highest BCUT2D eigenvalue weighted by molar-refractivity contribution is 7.17. The van der Waals surface area contributed by atoms with Crippen LogP contribution >= 0.6 is 11.3 Å². The van der Waals surface area contributed by atoms with Crippen LogP contribution < -0.4 is 0 Å². The van der Waals surface area contributed by atoms with Crippen LogP contribution in [0.25, 0.3) is 10.2 Å². The fourth-order valence-electron chi connectivity index (χ4n) is 4.54. The molecule has 0 unspecified atom stereocenters. The molecule has 0 atom stereocenters. The minimum Gasteiger partial charge on any atom is -0.337 e. The molecule has 4 aromatic rings. The molecular formula is C26H26N2OS. The Kier molecular flexibility index (Phi) is 5.41. The highest BCUT2D eigenvalue weighted by atomic mass is 32.1. The first-order chi connectivity index (χ1) is 14.8. The number of piperidine rings is 1. The highest BCUT2D eigenvalue weighted by Gasteiger charge is 2.26. The van der Waals surface area contributed by atoms with Crippen molar-refractivity contribution in [1.82, 2.24) is 9.47 Å². The van der Waals surface area contributed by atoms with E-state index >= 15 is 0 Å². The van der Waals surface area contributed by atoms with Crippen LogP contribution in [0, 0.1) is 5.92 Å². The smallest absolute Gasteiger partial charge is 0.270 e. The lowest BCUT2D eigenvalue weighted by Gasteiger charge is -2.32. The topological polar surface area (TPSA) is 25.2 Å². The molecule has 1 fully saturated rings. The largest absolute Gasteiger partial charge is 0.337 e. The van der Waals surface area contributed by atoms with E-state index in [1.165, 1.54) is 15.8 Å². The van der Waals surface area contributed by atoms with Gasteiger partial charge in [-0.3, -0.25) is 4.79 Å². The van der Waals surface area contributed by atoms with E-state index in [1.807, 2.05) is 6.07 Å². The van der Waals surface area contributed by atoms with Crippen molar-refractivity contribution in [2.24, 2.45) is 5.92 Å². The summed E-state index contributed by atoms with van der Waals surface area (Å²) >= 11 is 1.71. The van der Waals surface area contributed by atoms with Crippen LogP contribution in [0.15, 0.2) is 78.2 Å². The maximum atomic E-state index is 13.5. The van der Waals surface area contributed by atoms with E-state index in [9.17, 15) is 4.79 Å². The average Bonchev–Trinajstić information content (AvgIpc) is 3.38. The zero-order chi connectivity index (χ0) is 20.3. The molecule has 3 heterocycles. The average molecular weight is 415 g/mol. The van der Waals surface area contributed by atoms with Gasteiger partial charge in [-0.05, 0) is 53.8 Å². The van der Waals surface area contributed by atoms with Crippen LogP contribution in [-0.2, 0) is 13.0 Å². The van der Waals surface area contributed by atoms with Crippen LogP contribution in [0.4, 0.5) is 0 Å². The third-order valence-corrected chi connectivity index (χ3v) is 7.05. The molecule has 0 spiro atoms. The molecule has 5 rings (SSSR count). The molecule has 1 amide bonds. The molecule has 3 nitrogen and oxygen atoms in total. The second-order valence-corrected chi connectivity index (χ2v) is 9.14. The molecule has 4 heteroatoms. The minimum absolute atomic E-state index is 0.174. The third-order valence-electron chi connectivity index (χ3n) is 6.19. The molecule has 1 aliphatic heterocycles. The molecule has 1 aliphatic rings. The Hall–Kier alpha value is -2.85. The first-order valence-electron chi connectivity index (χ1n) is 10.7. The van der Waals surface area contributed by atoms with Crippen molar-refractivity contribution in [3.05, 3.63) is 95.0 Å². The number of likely N-dealkylation sites (tertiary alicyclic amines) is 1. The maximum absolute atomic E-state index is 13.5. The standard InChI is InChI=1S/C26H26N2OS/c29-26(27-14-11-21(12-15-27)17-20-7-3-1-4-8-20)24-18-25-23(13-16-30-25)28(24)19-22-9-5-2-6-10-22/h1-10,13,16,18,21H,11-12,14-15,17,19H2. The lowest BCUT2D eigenvalue weighted by molar-refractivity contribution is 0.0680. The number of hydrogen-bond donors (Lipinski definition) is 0. The van der Waals surface area contributed by atoms with Gasteiger partial charge in [0.15, 0.2) is 0 Å². The van der Waals surface area contributed by atoms with Gasteiger partial charge in [0.1, 0.15) is 5.69 Å². The Bertz CT molecular complexity index is 1120. The summed E-state index contributed by atoms with van der Waals surface area (Å²) in [6, 6.07) is 25.3. The molecule has 0 saturated carbocycles. The molecule has 0 N–H and O–H groups in total. The van der Waals surface area contributed by atoms with Gasteiger partial charge in [0.2, 0.25) is 0 Å². The second kappa shape index (κ2) is 8.49. The van der Waals surface area contributed by atoms with Gasteiger partial charge >= 0.3 is 0 Å². The molecule has 2 aromatic heterocycles. The van der Waals surface area contributed by atoms with E-state index in [4.69, 9.17) is 0 Å². The number of carbonyl (C=O) groups is 1. The Morgan fingerprint density at radius 1 is 0.900 bits per heavy atom. The van der Waals surface area contributed by atoms with Gasteiger partial charge < -0.3 is 9.47 Å². The van der Waals surface area contributed by atoms with E-state index in [0.717, 1.165) is 50.1 Å². The fraction of sp³-hybridized carbons (Fsp3) is 0.269. The maximum Gasteiger partial charge on any atom is 0.270 e. The molecule has 30 heavy (non-hydrogen) atoms. The van der Waals surface area contributed by atoms with Crippen molar-refractivity contribution < 1.29 is 4.79 Å². The van der Waals surface area contributed by atoms with Gasteiger partial charge in [0, 0.05) is 19.6 Å². The Labute approximate surface area is 181 Å². The van der Waals surface area contributed by atoms with Crippen LogP contribution in [0.3, 0.4) is 0 Å². The van der Waals surface area contributed by atoms with Crippen LogP contribution in [0.2, 0.25) is 0 Å². The quantitative estimate of drug-likeness (QED) is 0.402. The van der Waals surface area contributed by atoms with Gasteiger partial charge in [-0.2, -0.15) is 0 Å². The number of nitrogens with zero attached hydrogens (tertiary/aromatic N) is 2. The van der Waals surface area contributed by atoms with Crippen molar-refractivity contribution in [2.45, 2.75) is 25.8 Å². The summed E-state index contributed by atoms with van der Waals surface area (Å²) < 4.78 is 3.38. The van der Waals surface area contributed by atoms with E-state index in [2.05, 4.69) is 81.6 Å². The monoisotopic (exact) mass is 414 g/mol. The van der Waals surface area contributed by atoms with Crippen molar-refractivity contribution in [3.8, 4) is 0 Å². The van der Waals surface area contributed by atoms with Crippen LogP contribution in [0.1, 0.15) is 34.5 Å². The van der Waals surface area contributed by atoms with Gasteiger partial charge in [0.05, 0.1) is 10.2 Å². The molecule has 0 bridgehead atoms. The van der Waals surface area contributed by atoms with Crippen molar-refractivity contribution in [2.75, 3.05) is 13.1 Å². The SMILES string of the molecule is O=C(c1cc2sccc2n1Cc1ccccc1)N1CCC(Cc2ccccc2)CC1. The minimum atomic E-state index is 0.174. The summed E-state index contributed by atoms with van der Waals surface area (Å²) in [5.41, 5.74) is 4.60. The Morgan fingerprint density at radius 3 is 2.27 bits per heavy atom. The van der Waals surface area contributed by atoms with Crippen molar-refractivity contribution >= 4 is 27.5 Å². The number of benzene rings is 2. The number of thiophene rings is 1. The summed E-state index contributed by atoms with van der Waals surface area (Å²) in [6.07, 6.45) is 3.27. The number of fused-ring (bicyclic) bond motifs is 1. The lowest BCUT2D eigenvalue weighted by Crippen LogP contribution is -2.39. The fourth-order valence-corrected chi connectivity index (χ4v) is 5.36. The van der Waals surface area contributed by atoms with Crippen molar-refractivity contribution in [1.29, 1.82) is 0 Å². The first kappa shape index (κ1) is 19.1. The molecule has 152 valence electrons. The highest BCUT2D eigenvalue weighted by Crippen LogP contribution is 2.29.